The van der Waals surface area contributed by atoms with Crippen molar-refractivity contribution in [2.24, 2.45) is 0 Å². The number of carbonyl (C=O) groups is 2. The van der Waals surface area contributed by atoms with Crippen molar-refractivity contribution in [1.29, 1.82) is 0 Å². The van der Waals surface area contributed by atoms with Crippen LogP contribution in [-0.4, -0.2) is 38.8 Å². The zero-order chi connectivity index (χ0) is 21.1. The van der Waals surface area contributed by atoms with E-state index < -0.39 is 11.9 Å². The smallest absolute Gasteiger partial charge is 0.306 e. The van der Waals surface area contributed by atoms with Crippen LogP contribution in [0.25, 0.3) is 0 Å². The Morgan fingerprint density at radius 2 is 1.66 bits per heavy atom. The second-order valence-corrected chi connectivity index (χ2v) is 6.05. The van der Waals surface area contributed by atoms with Crippen LogP contribution in [0.5, 0.6) is 17.2 Å². The molecule has 0 aliphatic heterocycles. The van der Waals surface area contributed by atoms with Crippen LogP contribution >= 0.6 is 0 Å². The molecule has 2 aromatic rings. The van der Waals surface area contributed by atoms with Gasteiger partial charge >= 0.3 is 5.97 Å². The minimum absolute atomic E-state index is 0.158. The first kappa shape index (κ1) is 22.1. The number of hydrogen-bond donors (Lipinski definition) is 1. The van der Waals surface area contributed by atoms with E-state index in [0.717, 1.165) is 11.3 Å². The summed E-state index contributed by atoms with van der Waals surface area (Å²) in [6, 6.07) is 12.6. The number of aryl methyl sites for hydroxylation is 1. The van der Waals surface area contributed by atoms with Gasteiger partial charge in [-0.25, -0.2) is 0 Å². The van der Waals surface area contributed by atoms with Gasteiger partial charge in [0, 0.05) is 18.2 Å². The fourth-order valence-corrected chi connectivity index (χ4v) is 2.69. The van der Waals surface area contributed by atoms with Gasteiger partial charge < -0.3 is 24.3 Å². The molecule has 0 bridgehead atoms. The highest BCUT2D eigenvalue weighted by Crippen LogP contribution is 2.30. The fraction of sp³-hybridized carbons (Fsp3) is 0.364. The second-order valence-electron chi connectivity index (χ2n) is 6.05. The number of hydrogen-bond acceptors (Lipinski definition) is 6. The lowest BCUT2D eigenvalue weighted by atomic mass is 10.1. The monoisotopic (exact) mass is 401 g/mol. The highest BCUT2D eigenvalue weighted by molar-refractivity contribution is 5.93. The number of ether oxygens (including phenoxy) is 4. The molecule has 0 aliphatic carbocycles. The molecule has 0 saturated heterocycles. The van der Waals surface area contributed by atoms with Crippen molar-refractivity contribution in [2.75, 3.05) is 32.2 Å². The molecule has 2 rings (SSSR count). The number of methoxy groups -OCH3 is 1. The van der Waals surface area contributed by atoms with Gasteiger partial charge in [0.15, 0.2) is 18.1 Å². The summed E-state index contributed by atoms with van der Waals surface area (Å²) >= 11 is 0. The molecular weight excluding hydrogens is 374 g/mol. The quantitative estimate of drug-likeness (QED) is 0.579. The zero-order valence-electron chi connectivity index (χ0n) is 17.0. The van der Waals surface area contributed by atoms with E-state index in [2.05, 4.69) is 5.32 Å². The first-order chi connectivity index (χ1) is 14.1. The molecule has 7 heteroatoms. The normalized spacial score (nSPS) is 10.2. The first-order valence-corrected chi connectivity index (χ1v) is 9.54. The average Bonchev–Trinajstić information content (AvgIpc) is 2.73. The Balaban J connectivity index is 1.83. The van der Waals surface area contributed by atoms with Gasteiger partial charge in [0.05, 0.1) is 20.3 Å². The van der Waals surface area contributed by atoms with Gasteiger partial charge in [-0.1, -0.05) is 18.2 Å². The molecule has 0 saturated carbocycles. The van der Waals surface area contributed by atoms with Crippen LogP contribution in [0.3, 0.4) is 0 Å². The van der Waals surface area contributed by atoms with Gasteiger partial charge in [0.2, 0.25) is 0 Å². The van der Waals surface area contributed by atoms with Crippen LogP contribution in [0.2, 0.25) is 0 Å². The summed E-state index contributed by atoms with van der Waals surface area (Å²) in [7, 11) is 1.58. The Hall–Kier alpha value is -3.22. The summed E-state index contributed by atoms with van der Waals surface area (Å²) in [5.41, 5.74) is 1.45. The number of rotatable bonds is 11. The van der Waals surface area contributed by atoms with Crippen LogP contribution in [0.4, 0.5) is 5.69 Å². The summed E-state index contributed by atoms with van der Waals surface area (Å²) in [5.74, 6) is 0.990. The minimum Gasteiger partial charge on any atom is -0.496 e. The lowest BCUT2D eigenvalue weighted by Gasteiger charge is -2.13. The maximum Gasteiger partial charge on any atom is 0.306 e. The molecule has 1 N–H and O–H groups in total. The molecule has 0 unspecified atom stereocenters. The van der Waals surface area contributed by atoms with Crippen molar-refractivity contribution in [2.45, 2.75) is 26.7 Å². The Morgan fingerprint density at radius 3 is 2.38 bits per heavy atom. The van der Waals surface area contributed by atoms with E-state index in [1.165, 1.54) is 0 Å². The van der Waals surface area contributed by atoms with Crippen molar-refractivity contribution in [1.82, 2.24) is 0 Å². The van der Waals surface area contributed by atoms with Gasteiger partial charge in [-0.15, -0.1) is 0 Å². The highest BCUT2D eigenvalue weighted by Gasteiger charge is 2.12. The van der Waals surface area contributed by atoms with Crippen LogP contribution in [0.1, 0.15) is 25.8 Å². The number of nitrogens with one attached hydrogen (secondary N) is 1. The molecule has 2 aromatic carbocycles. The lowest BCUT2D eigenvalue weighted by molar-refractivity contribution is -0.147. The molecule has 0 fully saturated rings. The third kappa shape index (κ3) is 7.03. The maximum atomic E-state index is 12.1. The average molecular weight is 401 g/mol. The third-order valence-electron chi connectivity index (χ3n) is 3.98. The van der Waals surface area contributed by atoms with Gasteiger partial charge in [-0.2, -0.15) is 0 Å². The Bertz CT molecular complexity index is 821. The van der Waals surface area contributed by atoms with Crippen molar-refractivity contribution in [3.8, 4) is 17.2 Å². The Labute approximate surface area is 170 Å². The summed E-state index contributed by atoms with van der Waals surface area (Å²) in [4.78, 5) is 24.0. The van der Waals surface area contributed by atoms with E-state index >= 15 is 0 Å². The first-order valence-electron chi connectivity index (χ1n) is 9.54. The predicted octanol–water partition coefficient (Wildman–Crippen LogP) is 3.61. The minimum atomic E-state index is -0.451. The molecule has 0 atom stereocenters. The van der Waals surface area contributed by atoms with Gasteiger partial charge in [-0.3, -0.25) is 9.59 Å². The molecule has 29 heavy (non-hydrogen) atoms. The number of benzene rings is 2. The molecule has 0 spiro atoms. The molecule has 1 amide bonds. The molecule has 0 aliphatic rings. The third-order valence-corrected chi connectivity index (χ3v) is 3.98. The van der Waals surface area contributed by atoms with Crippen LogP contribution < -0.4 is 19.5 Å². The van der Waals surface area contributed by atoms with E-state index in [4.69, 9.17) is 18.9 Å². The van der Waals surface area contributed by atoms with Crippen molar-refractivity contribution >= 4 is 17.6 Å². The fourth-order valence-electron chi connectivity index (χ4n) is 2.69. The van der Waals surface area contributed by atoms with E-state index in [9.17, 15) is 9.59 Å². The second kappa shape index (κ2) is 11.6. The lowest BCUT2D eigenvalue weighted by Crippen LogP contribution is -2.21. The number of esters is 1. The standard InChI is InChI=1S/C22H27NO6/c1-4-27-19-12-11-17(14-20(19)28-5-2)23-21(24)15-29-22(25)13-10-16-8-6-7-9-18(16)26-3/h6-9,11-12,14H,4-5,10,13,15H2,1-3H3,(H,23,24). The molecule has 0 heterocycles. The van der Waals surface area contributed by atoms with Crippen molar-refractivity contribution in [3.63, 3.8) is 0 Å². The zero-order valence-corrected chi connectivity index (χ0v) is 17.0. The van der Waals surface area contributed by atoms with Gasteiger partial charge in [0.25, 0.3) is 5.91 Å². The predicted molar refractivity (Wildman–Crippen MR) is 110 cm³/mol. The molecule has 0 radical (unpaired) electrons. The maximum absolute atomic E-state index is 12.1. The molecule has 0 aromatic heterocycles. The van der Waals surface area contributed by atoms with E-state index in [-0.39, 0.29) is 13.0 Å². The van der Waals surface area contributed by atoms with E-state index in [1.807, 2.05) is 38.1 Å². The topological polar surface area (TPSA) is 83.1 Å². The molecule has 7 nitrogen and oxygen atoms in total. The van der Waals surface area contributed by atoms with Crippen molar-refractivity contribution < 1.29 is 28.5 Å². The SMILES string of the molecule is CCOc1ccc(NC(=O)COC(=O)CCc2ccccc2OC)cc1OCC. The Morgan fingerprint density at radius 1 is 0.931 bits per heavy atom. The van der Waals surface area contributed by atoms with E-state index in [0.29, 0.717) is 36.8 Å². The van der Waals surface area contributed by atoms with Gasteiger partial charge in [0.1, 0.15) is 5.75 Å². The summed E-state index contributed by atoms with van der Waals surface area (Å²) in [6.07, 6.45) is 0.631. The Kier molecular flexibility index (Phi) is 8.82. The van der Waals surface area contributed by atoms with Gasteiger partial charge in [-0.05, 0) is 44.0 Å². The summed E-state index contributed by atoms with van der Waals surface area (Å²) in [5, 5.41) is 2.69. The molecule has 156 valence electrons. The van der Waals surface area contributed by atoms with Crippen LogP contribution in [0.15, 0.2) is 42.5 Å². The molecular formula is C22H27NO6. The highest BCUT2D eigenvalue weighted by atomic mass is 16.5. The van der Waals surface area contributed by atoms with E-state index in [1.54, 1.807) is 25.3 Å². The number of carbonyl (C=O) groups excluding carboxylic acids is 2. The van der Waals surface area contributed by atoms with Crippen molar-refractivity contribution in [3.05, 3.63) is 48.0 Å². The number of para-hydroxylation sites is 1. The number of amides is 1. The van der Waals surface area contributed by atoms with Crippen LogP contribution in [-0.2, 0) is 20.7 Å². The number of anilines is 1. The summed E-state index contributed by atoms with van der Waals surface area (Å²) < 4.78 is 21.3. The summed E-state index contributed by atoms with van der Waals surface area (Å²) in [6.45, 7) is 4.37. The van der Waals surface area contributed by atoms with Crippen LogP contribution in [0, 0.1) is 0 Å². The largest absolute Gasteiger partial charge is 0.496 e.